The standard InChI is InChI=1S/C28H44O2/c1-17(2)18(3)7-8-19(4)22-9-10-23-21-16-26(30)25-15-20(29)11-13-28(25,6)24(21)12-14-27(22,23)5/h15,17-19,21-24H,7-14,16H2,1-6H3/t18-,19+,21-,22+,23-,24-,27+,28+/m0/s1. The Morgan fingerprint density at radius 3 is 2.40 bits per heavy atom. The van der Waals surface area contributed by atoms with E-state index in [4.69, 9.17) is 0 Å². The lowest BCUT2D eigenvalue weighted by Gasteiger charge is -2.57. The van der Waals surface area contributed by atoms with E-state index >= 15 is 0 Å². The van der Waals surface area contributed by atoms with Gasteiger partial charge in [0.25, 0.3) is 0 Å². The Hall–Kier alpha value is -0.920. The molecule has 3 saturated carbocycles. The number of carbonyl (C=O) groups excluding carboxylic acids is 2. The van der Waals surface area contributed by atoms with Crippen molar-refractivity contribution in [2.24, 2.45) is 52.3 Å². The zero-order valence-corrected chi connectivity index (χ0v) is 20.3. The Balaban J connectivity index is 1.53. The topological polar surface area (TPSA) is 34.1 Å². The van der Waals surface area contributed by atoms with Crippen molar-refractivity contribution in [2.45, 2.75) is 99.3 Å². The molecule has 2 nitrogen and oxygen atoms in total. The zero-order chi connectivity index (χ0) is 21.8. The first-order valence-corrected chi connectivity index (χ1v) is 12.9. The highest BCUT2D eigenvalue weighted by molar-refractivity contribution is 6.05. The zero-order valence-electron chi connectivity index (χ0n) is 20.3. The maximum absolute atomic E-state index is 13.2. The first kappa shape index (κ1) is 22.3. The maximum Gasteiger partial charge on any atom is 0.159 e. The van der Waals surface area contributed by atoms with Crippen LogP contribution in [0, 0.1) is 52.3 Å². The van der Waals surface area contributed by atoms with E-state index in [1.165, 1.54) is 38.5 Å². The first-order valence-electron chi connectivity index (χ1n) is 12.9. The normalized spacial score (nSPS) is 43.0. The molecule has 0 radical (unpaired) electrons. The van der Waals surface area contributed by atoms with E-state index in [1.54, 1.807) is 6.08 Å². The predicted molar refractivity (Wildman–Crippen MR) is 123 cm³/mol. The third-order valence-corrected chi connectivity index (χ3v) is 10.8. The Bertz CT molecular complexity index is 733. The van der Waals surface area contributed by atoms with Crippen molar-refractivity contribution in [3.8, 4) is 0 Å². The van der Waals surface area contributed by atoms with Crippen LogP contribution in [-0.4, -0.2) is 11.6 Å². The largest absolute Gasteiger partial charge is 0.295 e. The van der Waals surface area contributed by atoms with E-state index in [0.717, 1.165) is 35.7 Å². The van der Waals surface area contributed by atoms with Crippen molar-refractivity contribution in [3.63, 3.8) is 0 Å². The molecule has 0 aromatic rings. The Labute approximate surface area is 184 Å². The minimum absolute atomic E-state index is 0.0500. The predicted octanol–water partition coefficient (Wildman–Crippen LogP) is 7.02. The molecule has 168 valence electrons. The highest BCUT2D eigenvalue weighted by atomic mass is 16.1. The average molecular weight is 413 g/mol. The fraction of sp³-hybridized carbons (Fsp3) is 0.857. The third-order valence-electron chi connectivity index (χ3n) is 10.8. The quantitative estimate of drug-likeness (QED) is 0.486. The molecule has 0 saturated heterocycles. The number of ketones is 2. The number of allylic oxidation sites excluding steroid dienone is 1. The number of fused-ring (bicyclic) bond motifs is 5. The average Bonchev–Trinajstić information content (AvgIpc) is 3.04. The van der Waals surface area contributed by atoms with Gasteiger partial charge in [0.05, 0.1) is 0 Å². The van der Waals surface area contributed by atoms with Crippen molar-refractivity contribution in [1.29, 1.82) is 0 Å². The fourth-order valence-corrected chi connectivity index (χ4v) is 8.42. The van der Waals surface area contributed by atoms with E-state index in [1.807, 2.05) is 0 Å². The van der Waals surface area contributed by atoms with Crippen molar-refractivity contribution >= 4 is 11.6 Å². The Kier molecular flexibility index (Phi) is 5.86. The highest BCUT2D eigenvalue weighted by Crippen LogP contribution is 2.67. The van der Waals surface area contributed by atoms with Crippen LogP contribution in [0.25, 0.3) is 0 Å². The van der Waals surface area contributed by atoms with Crippen LogP contribution < -0.4 is 0 Å². The van der Waals surface area contributed by atoms with Gasteiger partial charge in [0.2, 0.25) is 0 Å². The van der Waals surface area contributed by atoms with Gasteiger partial charge in [-0.05, 0) is 90.4 Å². The van der Waals surface area contributed by atoms with Gasteiger partial charge in [-0.3, -0.25) is 9.59 Å². The van der Waals surface area contributed by atoms with Crippen LogP contribution in [-0.2, 0) is 9.59 Å². The third kappa shape index (κ3) is 3.45. The summed E-state index contributed by atoms with van der Waals surface area (Å²) in [5, 5.41) is 0. The maximum atomic E-state index is 13.2. The number of hydrogen-bond donors (Lipinski definition) is 0. The summed E-state index contributed by atoms with van der Waals surface area (Å²) in [5.41, 5.74) is 1.24. The van der Waals surface area contributed by atoms with Gasteiger partial charge < -0.3 is 0 Å². The lowest BCUT2D eigenvalue weighted by molar-refractivity contribution is -0.131. The molecule has 4 aliphatic rings. The van der Waals surface area contributed by atoms with Crippen LogP contribution in [0.4, 0.5) is 0 Å². The van der Waals surface area contributed by atoms with Gasteiger partial charge in [0.15, 0.2) is 11.6 Å². The summed E-state index contributed by atoms with van der Waals surface area (Å²) in [7, 11) is 0. The number of Topliss-reactive ketones (excluding diaryl/α,β-unsaturated/α-hetero) is 1. The summed E-state index contributed by atoms with van der Waals surface area (Å²) in [4.78, 5) is 25.2. The van der Waals surface area contributed by atoms with E-state index in [9.17, 15) is 9.59 Å². The molecule has 0 aromatic heterocycles. The van der Waals surface area contributed by atoms with Crippen molar-refractivity contribution < 1.29 is 9.59 Å². The molecular formula is C28H44O2. The summed E-state index contributed by atoms with van der Waals surface area (Å²) < 4.78 is 0. The summed E-state index contributed by atoms with van der Waals surface area (Å²) in [6.07, 6.45) is 11.9. The molecule has 0 amide bonds. The summed E-state index contributed by atoms with van der Waals surface area (Å²) >= 11 is 0. The molecule has 0 bridgehead atoms. The first-order chi connectivity index (χ1) is 14.1. The lowest BCUT2D eigenvalue weighted by Crippen LogP contribution is -2.53. The molecule has 4 aliphatic carbocycles. The van der Waals surface area contributed by atoms with Crippen LogP contribution in [0.3, 0.4) is 0 Å². The van der Waals surface area contributed by atoms with Gasteiger partial charge in [-0.25, -0.2) is 0 Å². The summed E-state index contributed by atoms with van der Waals surface area (Å²) in [6, 6.07) is 0. The van der Waals surface area contributed by atoms with Gasteiger partial charge in [-0.15, -0.1) is 0 Å². The Morgan fingerprint density at radius 2 is 1.70 bits per heavy atom. The Morgan fingerprint density at radius 1 is 0.967 bits per heavy atom. The van der Waals surface area contributed by atoms with Crippen LogP contribution in [0.2, 0.25) is 0 Å². The van der Waals surface area contributed by atoms with Crippen LogP contribution in [0.1, 0.15) is 99.3 Å². The van der Waals surface area contributed by atoms with E-state index < -0.39 is 0 Å². The molecule has 0 spiro atoms. The molecule has 2 heteroatoms. The van der Waals surface area contributed by atoms with Crippen molar-refractivity contribution in [3.05, 3.63) is 11.6 Å². The minimum atomic E-state index is -0.0500. The second-order valence-corrected chi connectivity index (χ2v) is 12.5. The molecule has 0 N–H and O–H groups in total. The molecule has 3 fully saturated rings. The fourth-order valence-electron chi connectivity index (χ4n) is 8.42. The van der Waals surface area contributed by atoms with Gasteiger partial charge in [0, 0.05) is 18.4 Å². The van der Waals surface area contributed by atoms with Crippen molar-refractivity contribution in [1.82, 2.24) is 0 Å². The lowest BCUT2D eigenvalue weighted by atomic mass is 9.46. The highest BCUT2D eigenvalue weighted by Gasteiger charge is 2.61. The van der Waals surface area contributed by atoms with E-state index in [-0.39, 0.29) is 11.2 Å². The second-order valence-electron chi connectivity index (χ2n) is 12.5. The number of carbonyl (C=O) groups is 2. The van der Waals surface area contributed by atoms with Crippen LogP contribution >= 0.6 is 0 Å². The van der Waals surface area contributed by atoms with E-state index in [0.29, 0.717) is 41.8 Å². The molecule has 0 unspecified atom stereocenters. The number of hydrogen-bond acceptors (Lipinski definition) is 2. The smallest absolute Gasteiger partial charge is 0.159 e. The van der Waals surface area contributed by atoms with Crippen molar-refractivity contribution in [2.75, 3.05) is 0 Å². The SMILES string of the molecule is CC(C)[C@@H](C)CC[C@@H](C)[C@H]1CC[C@H]2[C@@H]3CC(=O)C4=CC(=O)CC[C@]4(C)[C@H]3CC[C@]12C. The van der Waals surface area contributed by atoms with Gasteiger partial charge in [0.1, 0.15) is 0 Å². The second kappa shape index (κ2) is 7.89. The van der Waals surface area contributed by atoms with Crippen LogP contribution in [0.15, 0.2) is 11.6 Å². The summed E-state index contributed by atoms with van der Waals surface area (Å²) in [6.45, 7) is 14.5. The number of rotatable bonds is 5. The molecule has 0 heterocycles. The van der Waals surface area contributed by atoms with Crippen LogP contribution in [0.5, 0.6) is 0 Å². The van der Waals surface area contributed by atoms with E-state index in [2.05, 4.69) is 41.5 Å². The molecular weight excluding hydrogens is 368 g/mol. The molecule has 4 rings (SSSR count). The summed E-state index contributed by atoms with van der Waals surface area (Å²) in [5.74, 6) is 5.48. The molecule has 0 aromatic carbocycles. The van der Waals surface area contributed by atoms with Gasteiger partial charge in [-0.1, -0.05) is 54.4 Å². The molecule has 30 heavy (non-hydrogen) atoms. The molecule has 0 aliphatic heterocycles. The monoisotopic (exact) mass is 412 g/mol. The van der Waals surface area contributed by atoms with Gasteiger partial charge >= 0.3 is 0 Å². The minimum Gasteiger partial charge on any atom is -0.295 e. The molecule has 8 atom stereocenters. The van der Waals surface area contributed by atoms with Gasteiger partial charge in [-0.2, -0.15) is 0 Å².